The molecule has 0 amide bonds. The van der Waals surface area contributed by atoms with Gasteiger partial charge in [-0.15, -0.1) is 0 Å². The number of nitrogens with one attached hydrogen (secondary N) is 1. The van der Waals surface area contributed by atoms with E-state index in [-0.39, 0.29) is 6.04 Å². The van der Waals surface area contributed by atoms with Crippen molar-refractivity contribution in [2.24, 2.45) is 5.73 Å². The van der Waals surface area contributed by atoms with Crippen LogP contribution in [0.15, 0.2) is 48.5 Å². The van der Waals surface area contributed by atoms with Crippen LogP contribution in [0, 0.1) is 0 Å². The molecule has 0 aromatic heterocycles. The molecule has 4 nitrogen and oxygen atoms in total. The molecule has 2 atom stereocenters. The van der Waals surface area contributed by atoms with Crippen molar-refractivity contribution in [3.63, 3.8) is 0 Å². The Bertz CT molecular complexity index is 754. The van der Waals surface area contributed by atoms with E-state index in [0.29, 0.717) is 11.6 Å². The predicted molar refractivity (Wildman–Crippen MR) is 85.7 cm³/mol. The van der Waals surface area contributed by atoms with Gasteiger partial charge in [-0.1, -0.05) is 42.5 Å². The Morgan fingerprint density at radius 1 is 1.10 bits per heavy atom. The first kappa shape index (κ1) is 14.1. The molecule has 2 aromatic rings. The standard InChI is InChI=1S/C16H18N2O2S/c1-21(19,20)18-16-5-3-2-4-13(16)11-6-8-12(9-7-11)14-10-15(14)17/h2-9,14-15,18H,10,17H2,1H3/t14-,15+/m1/s1. The van der Waals surface area contributed by atoms with Crippen LogP contribution in [0.25, 0.3) is 11.1 Å². The summed E-state index contributed by atoms with van der Waals surface area (Å²) in [7, 11) is -3.29. The molecule has 3 N–H and O–H groups in total. The van der Waals surface area contributed by atoms with Crippen molar-refractivity contribution < 1.29 is 8.42 Å². The highest BCUT2D eigenvalue weighted by Crippen LogP contribution is 2.39. The Balaban J connectivity index is 1.93. The zero-order chi connectivity index (χ0) is 15.0. The molecule has 0 bridgehead atoms. The average molecular weight is 302 g/mol. The first-order valence-corrected chi connectivity index (χ1v) is 8.76. The van der Waals surface area contributed by atoms with Gasteiger partial charge in [0.05, 0.1) is 11.9 Å². The van der Waals surface area contributed by atoms with E-state index in [0.717, 1.165) is 23.8 Å². The summed E-state index contributed by atoms with van der Waals surface area (Å²) >= 11 is 0. The van der Waals surface area contributed by atoms with Crippen molar-refractivity contribution in [2.75, 3.05) is 11.0 Å². The van der Waals surface area contributed by atoms with Gasteiger partial charge in [-0.3, -0.25) is 4.72 Å². The number of rotatable bonds is 4. The monoisotopic (exact) mass is 302 g/mol. The highest BCUT2D eigenvalue weighted by Gasteiger charge is 2.34. The van der Waals surface area contributed by atoms with Crippen LogP contribution < -0.4 is 10.5 Å². The average Bonchev–Trinajstić information content (AvgIpc) is 3.15. The largest absolute Gasteiger partial charge is 0.327 e. The number of sulfonamides is 1. The minimum atomic E-state index is -3.29. The summed E-state index contributed by atoms with van der Waals surface area (Å²) < 4.78 is 25.5. The third kappa shape index (κ3) is 3.25. The first-order chi connectivity index (χ1) is 9.94. The maximum atomic E-state index is 11.4. The van der Waals surface area contributed by atoms with Gasteiger partial charge < -0.3 is 5.73 Å². The zero-order valence-electron chi connectivity index (χ0n) is 11.8. The lowest BCUT2D eigenvalue weighted by Gasteiger charge is -2.11. The van der Waals surface area contributed by atoms with E-state index in [1.54, 1.807) is 6.07 Å². The summed E-state index contributed by atoms with van der Waals surface area (Å²) in [6.45, 7) is 0. The van der Waals surface area contributed by atoms with E-state index in [1.165, 1.54) is 5.56 Å². The van der Waals surface area contributed by atoms with E-state index in [2.05, 4.69) is 16.9 Å². The summed E-state index contributed by atoms with van der Waals surface area (Å²) in [5, 5.41) is 0. The summed E-state index contributed by atoms with van der Waals surface area (Å²) in [4.78, 5) is 0. The topological polar surface area (TPSA) is 72.2 Å². The van der Waals surface area contributed by atoms with Crippen molar-refractivity contribution in [1.29, 1.82) is 0 Å². The van der Waals surface area contributed by atoms with Gasteiger partial charge in [-0.2, -0.15) is 0 Å². The van der Waals surface area contributed by atoms with Crippen LogP contribution in [0.4, 0.5) is 5.69 Å². The molecule has 0 aliphatic heterocycles. The number of para-hydroxylation sites is 1. The second kappa shape index (κ2) is 5.16. The number of anilines is 1. The smallest absolute Gasteiger partial charge is 0.229 e. The van der Waals surface area contributed by atoms with Crippen molar-refractivity contribution in [1.82, 2.24) is 0 Å². The third-order valence-corrected chi connectivity index (χ3v) is 4.30. The molecule has 1 fully saturated rings. The van der Waals surface area contributed by atoms with Crippen LogP contribution in [0.1, 0.15) is 17.9 Å². The van der Waals surface area contributed by atoms with Crippen molar-refractivity contribution in [3.05, 3.63) is 54.1 Å². The van der Waals surface area contributed by atoms with Crippen molar-refractivity contribution in [3.8, 4) is 11.1 Å². The Morgan fingerprint density at radius 2 is 1.71 bits per heavy atom. The van der Waals surface area contributed by atoms with E-state index >= 15 is 0 Å². The fourth-order valence-electron chi connectivity index (χ4n) is 2.53. The molecule has 2 aromatic carbocycles. The van der Waals surface area contributed by atoms with Crippen molar-refractivity contribution >= 4 is 15.7 Å². The summed E-state index contributed by atoms with van der Waals surface area (Å²) in [5.74, 6) is 0.475. The molecule has 1 aliphatic rings. The molecule has 0 spiro atoms. The molecule has 21 heavy (non-hydrogen) atoms. The van der Waals surface area contributed by atoms with Crippen LogP contribution in [0.3, 0.4) is 0 Å². The molecule has 0 saturated heterocycles. The molecule has 0 unspecified atom stereocenters. The predicted octanol–water partition coefficient (Wildman–Crippen LogP) is 2.54. The molecule has 0 heterocycles. The van der Waals surface area contributed by atoms with E-state index < -0.39 is 10.0 Å². The van der Waals surface area contributed by atoms with E-state index in [1.807, 2.05) is 30.3 Å². The van der Waals surface area contributed by atoms with Crippen LogP contribution in [-0.2, 0) is 10.0 Å². The summed E-state index contributed by atoms with van der Waals surface area (Å²) in [5.41, 5.74) is 9.56. The van der Waals surface area contributed by atoms with Gasteiger partial charge in [0.25, 0.3) is 0 Å². The Hall–Kier alpha value is -1.85. The Morgan fingerprint density at radius 3 is 2.29 bits per heavy atom. The molecule has 0 radical (unpaired) electrons. The molecule has 5 heteroatoms. The molecule has 110 valence electrons. The van der Waals surface area contributed by atoms with E-state index in [4.69, 9.17) is 5.73 Å². The van der Waals surface area contributed by atoms with Crippen LogP contribution in [0.5, 0.6) is 0 Å². The lowest BCUT2D eigenvalue weighted by atomic mass is 10.0. The number of benzene rings is 2. The number of hydrogen-bond acceptors (Lipinski definition) is 3. The lowest BCUT2D eigenvalue weighted by molar-refractivity contribution is 0.607. The fourth-order valence-corrected chi connectivity index (χ4v) is 3.11. The Labute approximate surface area is 125 Å². The maximum Gasteiger partial charge on any atom is 0.229 e. The summed E-state index contributed by atoms with van der Waals surface area (Å²) in [6, 6.07) is 15.9. The highest BCUT2D eigenvalue weighted by molar-refractivity contribution is 7.92. The fraction of sp³-hybridized carbons (Fsp3) is 0.250. The van der Waals surface area contributed by atoms with Gasteiger partial charge in [-0.05, 0) is 23.6 Å². The molecule has 3 rings (SSSR count). The Kier molecular flexibility index (Phi) is 3.47. The highest BCUT2D eigenvalue weighted by atomic mass is 32.2. The van der Waals surface area contributed by atoms with Gasteiger partial charge in [0.1, 0.15) is 0 Å². The van der Waals surface area contributed by atoms with Gasteiger partial charge in [0.15, 0.2) is 0 Å². The number of nitrogens with two attached hydrogens (primary N) is 1. The minimum absolute atomic E-state index is 0.287. The molecular weight excluding hydrogens is 284 g/mol. The van der Waals surface area contributed by atoms with Gasteiger partial charge in [0.2, 0.25) is 10.0 Å². The molecule has 1 saturated carbocycles. The second-order valence-electron chi connectivity index (χ2n) is 5.55. The quantitative estimate of drug-likeness (QED) is 0.911. The number of hydrogen-bond donors (Lipinski definition) is 2. The minimum Gasteiger partial charge on any atom is -0.327 e. The third-order valence-electron chi connectivity index (χ3n) is 3.71. The van der Waals surface area contributed by atoms with Crippen LogP contribution >= 0.6 is 0 Å². The normalized spacial score (nSPS) is 21.0. The lowest BCUT2D eigenvalue weighted by Crippen LogP contribution is -2.10. The SMILES string of the molecule is CS(=O)(=O)Nc1ccccc1-c1ccc([C@H]2C[C@@H]2N)cc1. The van der Waals surface area contributed by atoms with Gasteiger partial charge >= 0.3 is 0 Å². The van der Waals surface area contributed by atoms with Crippen molar-refractivity contribution in [2.45, 2.75) is 18.4 Å². The van der Waals surface area contributed by atoms with Gasteiger partial charge in [-0.25, -0.2) is 8.42 Å². The molecule has 1 aliphatic carbocycles. The second-order valence-corrected chi connectivity index (χ2v) is 7.30. The molecular formula is C16H18N2O2S. The van der Waals surface area contributed by atoms with E-state index in [9.17, 15) is 8.42 Å². The van der Waals surface area contributed by atoms with Gasteiger partial charge in [0, 0.05) is 17.5 Å². The van der Waals surface area contributed by atoms with Crippen LogP contribution in [0.2, 0.25) is 0 Å². The zero-order valence-corrected chi connectivity index (χ0v) is 12.6. The first-order valence-electron chi connectivity index (χ1n) is 6.87. The van der Waals surface area contributed by atoms with Crippen LogP contribution in [-0.4, -0.2) is 20.7 Å². The summed E-state index contributed by atoms with van der Waals surface area (Å²) in [6.07, 6.45) is 2.20. The maximum absolute atomic E-state index is 11.4.